The second-order valence-electron chi connectivity index (χ2n) is 6.94. The molecule has 0 bridgehead atoms. The fourth-order valence-corrected chi connectivity index (χ4v) is 3.27. The molecule has 0 unspecified atom stereocenters. The maximum absolute atomic E-state index is 12.8. The van der Waals surface area contributed by atoms with Crippen molar-refractivity contribution in [3.63, 3.8) is 0 Å². The van der Waals surface area contributed by atoms with Crippen LogP contribution in [0, 0.1) is 13.8 Å². The summed E-state index contributed by atoms with van der Waals surface area (Å²) in [4.78, 5) is 24.3. The summed E-state index contributed by atoms with van der Waals surface area (Å²) < 4.78 is 12.7. The van der Waals surface area contributed by atoms with Crippen molar-refractivity contribution in [3.05, 3.63) is 83.2 Å². The van der Waals surface area contributed by atoms with Gasteiger partial charge < -0.3 is 14.0 Å². The van der Waals surface area contributed by atoms with Gasteiger partial charge in [0.15, 0.2) is 6.61 Å². The average molecular weight is 406 g/mol. The lowest BCUT2D eigenvalue weighted by Crippen LogP contribution is -2.14. The quantitative estimate of drug-likeness (QED) is 0.536. The smallest absolute Gasteiger partial charge is 0.411 e. The van der Waals surface area contributed by atoms with Crippen molar-refractivity contribution in [3.8, 4) is 5.75 Å². The van der Waals surface area contributed by atoms with Crippen molar-refractivity contribution >= 4 is 17.6 Å². The Balaban J connectivity index is 1.66. The number of Topliss-reactive ketones (excluding diaryl/α,β-unsaturated/α-hetero) is 1. The molecule has 3 aromatic rings. The van der Waals surface area contributed by atoms with E-state index in [9.17, 15) is 9.59 Å². The van der Waals surface area contributed by atoms with E-state index in [4.69, 9.17) is 9.47 Å². The minimum Gasteiger partial charge on any atom is -0.485 e. The lowest BCUT2D eigenvalue weighted by molar-refractivity contribution is 0.0920. The van der Waals surface area contributed by atoms with Crippen LogP contribution in [0.3, 0.4) is 0 Å². The monoisotopic (exact) mass is 406 g/mol. The van der Waals surface area contributed by atoms with Gasteiger partial charge in [-0.1, -0.05) is 36.4 Å². The summed E-state index contributed by atoms with van der Waals surface area (Å²) in [7, 11) is 0. The van der Waals surface area contributed by atoms with E-state index >= 15 is 0 Å². The molecule has 0 aliphatic carbocycles. The van der Waals surface area contributed by atoms with Crippen LogP contribution in [0.15, 0.2) is 60.7 Å². The Morgan fingerprint density at radius 1 is 1.00 bits per heavy atom. The molecule has 30 heavy (non-hydrogen) atoms. The average Bonchev–Trinajstić information content (AvgIpc) is 3.01. The largest absolute Gasteiger partial charge is 0.485 e. The second-order valence-corrected chi connectivity index (χ2v) is 6.94. The molecule has 1 heterocycles. The summed E-state index contributed by atoms with van der Waals surface area (Å²) in [5.74, 6) is 0.405. The van der Waals surface area contributed by atoms with E-state index in [1.54, 1.807) is 31.2 Å². The first kappa shape index (κ1) is 21.2. The summed E-state index contributed by atoms with van der Waals surface area (Å²) in [6, 6.07) is 18.9. The number of amides is 1. The molecule has 1 N–H and O–H groups in total. The molecule has 0 saturated heterocycles. The lowest BCUT2D eigenvalue weighted by atomic mass is 10.1. The Kier molecular flexibility index (Phi) is 6.91. The Labute approximate surface area is 176 Å². The summed E-state index contributed by atoms with van der Waals surface area (Å²) in [6.45, 7) is 6.61. The molecule has 0 aliphatic rings. The van der Waals surface area contributed by atoms with E-state index in [1.807, 2.05) is 38.1 Å². The van der Waals surface area contributed by atoms with E-state index in [-0.39, 0.29) is 12.4 Å². The van der Waals surface area contributed by atoms with Gasteiger partial charge in [0.2, 0.25) is 5.78 Å². The molecule has 0 saturated carbocycles. The predicted octanol–water partition coefficient (Wildman–Crippen LogP) is 4.98. The van der Waals surface area contributed by atoms with Crippen LogP contribution in [0.4, 0.5) is 10.5 Å². The van der Waals surface area contributed by atoms with Crippen LogP contribution >= 0.6 is 0 Å². The predicted molar refractivity (Wildman–Crippen MR) is 116 cm³/mol. The normalized spacial score (nSPS) is 10.5. The van der Waals surface area contributed by atoms with Crippen LogP contribution in [-0.2, 0) is 11.3 Å². The molecular formula is C24H26N2O4. The number of benzene rings is 2. The Hall–Kier alpha value is -3.54. The number of carbonyl (C=O) groups excluding carboxylic acids is 2. The zero-order chi connectivity index (χ0) is 21.5. The molecule has 0 fully saturated rings. The first-order chi connectivity index (χ1) is 14.5. The van der Waals surface area contributed by atoms with E-state index in [2.05, 4.69) is 22.0 Å². The number of hydrogen-bond donors (Lipinski definition) is 1. The number of nitrogens with one attached hydrogen (secondary N) is 1. The number of ether oxygens (including phenoxy) is 2. The van der Waals surface area contributed by atoms with Crippen molar-refractivity contribution in [2.24, 2.45) is 0 Å². The van der Waals surface area contributed by atoms with Gasteiger partial charge in [-0.3, -0.25) is 10.1 Å². The zero-order valence-corrected chi connectivity index (χ0v) is 17.5. The summed E-state index contributed by atoms with van der Waals surface area (Å²) in [6.07, 6.45) is -0.531. The van der Waals surface area contributed by atoms with E-state index < -0.39 is 6.09 Å². The van der Waals surface area contributed by atoms with Gasteiger partial charge in [-0.2, -0.15) is 0 Å². The number of aryl methyl sites for hydroxylation is 1. The third-order valence-corrected chi connectivity index (χ3v) is 4.78. The summed E-state index contributed by atoms with van der Waals surface area (Å²) in [5.41, 5.74) is 4.33. The fraction of sp³-hybridized carbons (Fsp3) is 0.250. The molecule has 1 amide bonds. The van der Waals surface area contributed by atoms with Gasteiger partial charge in [0.05, 0.1) is 6.61 Å². The van der Waals surface area contributed by atoms with E-state index in [0.717, 1.165) is 11.4 Å². The molecule has 0 atom stereocenters. The highest BCUT2D eigenvalue weighted by Gasteiger charge is 2.16. The standard InChI is InChI=1S/C24H26N2O4/c1-4-29-24(28)25-20-11-8-12-21(14-20)30-16-23(27)22-13-17(2)26(18(22)3)15-19-9-6-5-7-10-19/h5-14H,4,15-16H2,1-3H3,(H,25,28). The molecule has 6 nitrogen and oxygen atoms in total. The first-order valence-corrected chi connectivity index (χ1v) is 9.88. The van der Waals surface area contributed by atoms with Crippen molar-refractivity contribution in [2.45, 2.75) is 27.3 Å². The molecular weight excluding hydrogens is 380 g/mol. The Bertz CT molecular complexity index is 1020. The SMILES string of the molecule is CCOC(=O)Nc1cccc(OCC(=O)c2cc(C)n(Cc3ccccc3)c2C)c1. The Morgan fingerprint density at radius 2 is 1.77 bits per heavy atom. The zero-order valence-electron chi connectivity index (χ0n) is 17.5. The number of anilines is 1. The molecule has 3 rings (SSSR count). The molecule has 6 heteroatoms. The van der Waals surface area contributed by atoms with Crippen molar-refractivity contribution in [1.82, 2.24) is 4.57 Å². The number of nitrogens with zero attached hydrogens (tertiary/aromatic N) is 1. The van der Waals surface area contributed by atoms with Gasteiger partial charge in [-0.15, -0.1) is 0 Å². The van der Waals surface area contributed by atoms with Crippen LogP contribution in [0.5, 0.6) is 5.75 Å². The summed E-state index contributed by atoms with van der Waals surface area (Å²) in [5, 5.41) is 2.62. The van der Waals surface area contributed by atoms with Gasteiger partial charge in [0, 0.05) is 35.2 Å². The molecule has 0 spiro atoms. The van der Waals surface area contributed by atoms with Gasteiger partial charge in [-0.25, -0.2) is 4.79 Å². The van der Waals surface area contributed by atoms with Gasteiger partial charge in [0.25, 0.3) is 0 Å². The van der Waals surface area contributed by atoms with Crippen molar-refractivity contribution in [2.75, 3.05) is 18.5 Å². The molecule has 0 aliphatic heterocycles. The maximum Gasteiger partial charge on any atom is 0.411 e. The number of hydrogen-bond acceptors (Lipinski definition) is 4. The second kappa shape index (κ2) is 9.78. The van der Waals surface area contributed by atoms with E-state index in [1.165, 1.54) is 5.56 Å². The number of ketones is 1. The fourth-order valence-electron chi connectivity index (χ4n) is 3.27. The first-order valence-electron chi connectivity index (χ1n) is 9.88. The van der Waals surface area contributed by atoms with Crippen LogP contribution in [0.25, 0.3) is 0 Å². The molecule has 2 aromatic carbocycles. The van der Waals surface area contributed by atoms with Crippen LogP contribution in [0.2, 0.25) is 0 Å². The maximum atomic E-state index is 12.8. The third-order valence-electron chi connectivity index (χ3n) is 4.78. The minimum absolute atomic E-state index is 0.0848. The Morgan fingerprint density at radius 3 is 2.50 bits per heavy atom. The van der Waals surface area contributed by atoms with Crippen LogP contribution in [0.1, 0.15) is 34.2 Å². The highest BCUT2D eigenvalue weighted by Crippen LogP contribution is 2.20. The topological polar surface area (TPSA) is 69.6 Å². The van der Waals surface area contributed by atoms with Gasteiger partial charge >= 0.3 is 6.09 Å². The number of carbonyl (C=O) groups is 2. The highest BCUT2D eigenvalue weighted by atomic mass is 16.5. The molecule has 1 aromatic heterocycles. The summed E-state index contributed by atoms with van der Waals surface area (Å²) >= 11 is 0. The van der Waals surface area contributed by atoms with Crippen LogP contribution < -0.4 is 10.1 Å². The minimum atomic E-state index is -0.531. The van der Waals surface area contributed by atoms with Gasteiger partial charge in [0.1, 0.15) is 5.75 Å². The van der Waals surface area contributed by atoms with E-state index in [0.29, 0.717) is 30.2 Å². The highest BCUT2D eigenvalue weighted by molar-refractivity contribution is 5.98. The van der Waals surface area contributed by atoms with Crippen molar-refractivity contribution in [1.29, 1.82) is 0 Å². The molecule has 156 valence electrons. The number of aromatic nitrogens is 1. The van der Waals surface area contributed by atoms with Gasteiger partial charge in [-0.05, 0) is 44.5 Å². The lowest BCUT2D eigenvalue weighted by Gasteiger charge is -2.11. The van der Waals surface area contributed by atoms with Crippen LogP contribution in [-0.4, -0.2) is 29.7 Å². The number of rotatable bonds is 8. The third kappa shape index (κ3) is 5.29. The molecule has 0 radical (unpaired) electrons. The van der Waals surface area contributed by atoms with Crippen molar-refractivity contribution < 1.29 is 19.1 Å².